The predicted molar refractivity (Wildman–Crippen MR) is 130 cm³/mol. The number of rotatable bonds is 15. The second-order valence-corrected chi connectivity index (χ2v) is 9.94. The van der Waals surface area contributed by atoms with Crippen molar-refractivity contribution in [3.63, 3.8) is 0 Å². The van der Waals surface area contributed by atoms with Gasteiger partial charge in [0.2, 0.25) is 5.91 Å². The van der Waals surface area contributed by atoms with Crippen molar-refractivity contribution in [2.45, 2.75) is 37.4 Å². The molecule has 1 saturated heterocycles. The maximum atomic E-state index is 11.8. The number of ether oxygens (including phenoxy) is 4. The second-order valence-electron chi connectivity index (χ2n) is 7.15. The fraction of sp³-hybridized carbons (Fsp3) is 0.565. The summed E-state index contributed by atoms with van der Waals surface area (Å²) in [6.45, 7) is 1.28. The summed E-state index contributed by atoms with van der Waals surface area (Å²) in [5.74, 6) is 2.08. The molecule has 1 atom stereocenters. The van der Waals surface area contributed by atoms with Gasteiger partial charge in [0.25, 0.3) is 0 Å². The summed E-state index contributed by atoms with van der Waals surface area (Å²) in [6.07, 6.45) is 8.10. The molecule has 1 aromatic rings. The molecule has 0 radical (unpaired) electrons. The van der Waals surface area contributed by atoms with Gasteiger partial charge in [-0.3, -0.25) is 4.79 Å². The SMILES string of the molecule is COc1ccc(/C=C/C(=O)OCCOCCNC(=O)CCCCC2CCSS2)cc1OC. The lowest BCUT2D eigenvalue weighted by molar-refractivity contribution is -0.139. The van der Waals surface area contributed by atoms with Crippen molar-refractivity contribution in [1.82, 2.24) is 5.32 Å². The van der Waals surface area contributed by atoms with Crippen molar-refractivity contribution in [1.29, 1.82) is 0 Å². The Labute approximate surface area is 198 Å². The first-order valence-electron chi connectivity index (χ1n) is 10.8. The number of hydrogen-bond donors (Lipinski definition) is 1. The van der Waals surface area contributed by atoms with Gasteiger partial charge < -0.3 is 24.3 Å². The van der Waals surface area contributed by atoms with E-state index in [0.717, 1.165) is 23.7 Å². The molecule has 32 heavy (non-hydrogen) atoms. The van der Waals surface area contributed by atoms with Crippen LogP contribution in [0.5, 0.6) is 11.5 Å². The molecule has 1 aliphatic rings. The lowest BCUT2D eigenvalue weighted by atomic mass is 10.1. The van der Waals surface area contributed by atoms with Gasteiger partial charge >= 0.3 is 5.97 Å². The Morgan fingerprint density at radius 2 is 1.97 bits per heavy atom. The highest BCUT2D eigenvalue weighted by Crippen LogP contribution is 2.39. The van der Waals surface area contributed by atoms with Gasteiger partial charge in [-0.2, -0.15) is 0 Å². The number of hydrogen-bond acceptors (Lipinski definition) is 8. The lowest BCUT2D eigenvalue weighted by Gasteiger charge is -2.08. The van der Waals surface area contributed by atoms with Crippen LogP contribution < -0.4 is 14.8 Å². The van der Waals surface area contributed by atoms with E-state index in [9.17, 15) is 9.59 Å². The van der Waals surface area contributed by atoms with Gasteiger partial charge in [-0.05, 0) is 43.0 Å². The van der Waals surface area contributed by atoms with Crippen LogP contribution in [0, 0.1) is 0 Å². The normalized spacial score (nSPS) is 15.6. The minimum atomic E-state index is -0.453. The van der Waals surface area contributed by atoms with Crippen LogP contribution in [0.25, 0.3) is 6.08 Å². The highest BCUT2D eigenvalue weighted by atomic mass is 33.1. The summed E-state index contributed by atoms with van der Waals surface area (Å²) in [4.78, 5) is 23.6. The molecule has 178 valence electrons. The topological polar surface area (TPSA) is 83.1 Å². The maximum Gasteiger partial charge on any atom is 0.330 e. The Morgan fingerprint density at radius 3 is 2.72 bits per heavy atom. The first kappa shape index (κ1) is 26.4. The van der Waals surface area contributed by atoms with Crippen LogP contribution in [0.3, 0.4) is 0 Å². The molecule has 9 heteroatoms. The Kier molecular flexibility index (Phi) is 13.1. The number of unbranched alkanes of at least 4 members (excludes halogenated alkanes) is 1. The summed E-state index contributed by atoms with van der Waals surface area (Å²) in [5, 5.41) is 3.63. The summed E-state index contributed by atoms with van der Waals surface area (Å²) in [7, 11) is 7.07. The van der Waals surface area contributed by atoms with Gasteiger partial charge in [0.05, 0.1) is 27.4 Å². The van der Waals surface area contributed by atoms with Crippen molar-refractivity contribution in [3.05, 3.63) is 29.8 Å². The molecule has 1 amide bonds. The number of amides is 1. The molecule has 0 saturated carbocycles. The average Bonchev–Trinajstić information content (AvgIpc) is 3.33. The standard InChI is InChI=1S/C23H33NO6S2/c1-27-20-9-7-18(17-21(20)28-2)8-10-23(26)30-15-14-29-13-12-24-22(25)6-4-3-5-19-11-16-31-32-19/h7-10,17,19H,3-6,11-16H2,1-2H3,(H,24,25)/b10-8+. The van der Waals surface area contributed by atoms with Crippen LogP contribution in [-0.2, 0) is 19.1 Å². The predicted octanol–water partition coefficient (Wildman–Crippen LogP) is 4.11. The number of esters is 1. The van der Waals surface area contributed by atoms with E-state index in [1.54, 1.807) is 32.4 Å². The highest BCUT2D eigenvalue weighted by Gasteiger charge is 2.15. The van der Waals surface area contributed by atoms with Gasteiger partial charge in [0.1, 0.15) is 6.61 Å². The lowest BCUT2D eigenvalue weighted by Crippen LogP contribution is -2.27. The molecule has 1 fully saturated rings. The van der Waals surface area contributed by atoms with Crippen molar-refractivity contribution < 1.29 is 28.5 Å². The Balaban J connectivity index is 1.46. The van der Waals surface area contributed by atoms with E-state index in [1.807, 2.05) is 27.7 Å². The van der Waals surface area contributed by atoms with Gasteiger partial charge in [-0.1, -0.05) is 34.1 Å². The summed E-state index contributed by atoms with van der Waals surface area (Å²) < 4.78 is 20.9. The van der Waals surface area contributed by atoms with Gasteiger partial charge in [-0.15, -0.1) is 0 Å². The molecule has 1 heterocycles. The second kappa shape index (κ2) is 15.9. The van der Waals surface area contributed by atoms with E-state index in [4.69, 9.17) is 18.9 Å². The quantitative estimate of drug-likeness (QED) is 0.173. The largest absolute Gasteiger partial charge is 0.493 e. The smallest absolute Gasteiger partial charge is 0.330 e. The first-order valence-corrected chi connectivity index (χ1v) is 13.2. The van der Waals surface area contributed by atoms with E-state index >= 15 is 0 Å². The summed E-state index contributed by atoms with van der Waals surface area (Å²) in [5.41, 5.74) is 0.794. The number of carbonyl (C=O) groups is 2. The molecule has 1 unspecified atom stereocenters. The van der Waals surface area contributed by atoms with Crippen LogP contribution in [0.15, 0.2) is 24.3 Å². The van der Waals surface area contributed by atoms with E-state index in [1.165, 1.54) is 24.7 Å². The molecule has 0 spiro atoms. The van der Waals surface area contributed by atoms with Crippen LogP contribution in [0.1, 0.15) is 37.7 Å². The fourth-order valence-electron chi connectivity index (χ4n) is 3.05. The van der Waals surface area contributed by atoms with Crippen LogP contribution in [0.4, 0.5) is 0 Å². The van der Waals surface area contributed by atoms with E-state index < -0.39 is 5.97 Å². The molecule has 1 aliphatic heterocycles. The third-order valence-electron chi connectivity index (χ3n) is 4.77. The molecule has 0 aliphatic carbocycles. The number of benzene rings is 1. The summed E-state index contributed by atoms with van der Waals surface area (Å²) >= 11 is 0. The van der Waals surface area contributed by atoms with E-state index in [2.05, 4.69) is 5.32 Å². The molecule has 1 aromatic carbocycles. The Bertz CT molecular complexity index is 737. The summed E-state index contributed by atoms with van der Waals surface area (Å²) in [6, 6.07) is 5.36. The fourth-order valence-corrected chi connectivity index (χ4v) is 6.07. The monoisotopic (exact) mass is 483 g/mol. The van der Waals surface area contributed by atoms with Crippen molar-refractivity contribution in [3.8, 4) is 11.5 Å². The van der Waals surface area contributed by atoms with Crippen molar-refractivity contribution >= 4 is 39.5 Å². The van der Waals surface area contributed by atoms with Crippen LogP contribution in [-0.4, -0.2) is 63.5 Å². The molecule has 7 nitrogen and oxygen atoms in total. The van der Waals surface area contributed by atoms with Crippen LogP contribution in [0.2, 0.25) is 0 Å². The number of carbonyl (C=O) groups excluding carboxylic acids is 2. The third-order valence-corrected chi connectivity index (χ3v) is 7.77. The Hall–Kier alpha value is -1.84. The zero-order chi connectivity index (χ0) is 23.0. The van der Waals surface area contributed by atoms with E-state index in [-0.39, 0.29) is 19.1 Å². The molecular formula is C23H33NO6S2. The zero-order valence-corrected chi connectivity index (χ0v) is 20.4. The minimum absolute atomic E-state index is 0.0637. The minimum Gasteiger partial charge on any atom is -0.493 e. The molecule has 0 bridgehead atoms. The molecule has 2 rings (SSSR count). The molecular weight excluding hydrogens is 450 g/mol. The van der Waals surface area contributed by atoms with Gasteiger partial charge in [0, 0.05) is 30.0 Å². The zero-order valence-electron chi connectivity index (χ0n) is 18.8. The maximum absolute atomic E-state index is 11.8. The van der Waals surface area contributed by atoms with E-state index in [0.29, 0.717) is 31.1 Å². The van der Waals surface area contributed by atoms with Crippen molar-refractivity contribution in [2.24, 2.45) is 0 Å². The van der Waals surface area contributed by atoms with Crippen LogP contribution >= 0.6 is 21.6 Å². The Morgan fingerprint density at radius 1 is 1.12 bits per heavy atom. The number of nitrogens with one attached hydrogen (secondary N) is 1. The van der Waals surface area contributed by atoms with Gasteiger partial charge in [-0.25, -0.2) is 4.79 Å². The first-order chi connectivity index (χ1) is 15.6. The number of methoxy groups -OCH3 is 2. The van der Waals surface area contributed by atoms with Gasteiger partial charge in [0.15, 0.2) is 11.5 Å². The molecule has 1 N–H and O–H groups in total. The highest BCUT2D eigenvalue weighted by molar-refractivity contribution is 8.77. The molecule has 0 aromatic heterocycles. The third kappa shape index (κ3) is 10.7. The van der Waals surface area contributed by atoms with Crippen molar-refractivity contribution in [2.75, 3.05) is 46.3 Å². The average molecular weight is 484 g/mol.